The van der Waals surface area contributed by atoms with Crippen LogP contribution in [0.2, 0.25) is 0 Å². The first-order chi connectivity index (χ1) is 17.1. The van der Waals surface area contributed by atoms with Crippen molar-refractivity contribution in [1.82, 2.24) is 0 Å². The molecule has 4 nitrogen and oxygen atoms in total. The van der Waals surface area contributed by atoms with Crippen molar-refractivity contribution in [3.05, 3.63) is 0 Å². The van der Waals surface area contributed by atoms with Gasteiger partial charge in [-0.15, -0.1) is 0 Å². The first-order valence-corrected chi connectivity index (χ1v) is 16.9. The number of unbranched alkanes of at least 4 members (excludes halogenated alkanes) is 8. The van der Waals surface area contributed by atoms with Crippen LogP contribution in [0.25, 0.3) is 0 Å². The van der Waals surface area contributed by atoms with Gasteiger partial charge in [-0.1, -0.05) is 117 Å². The van der Waals surface area contributed by atoms with Crippen LogP contribution in [-0.4, -0.2) is 41.5 Å². The predicted octanol–water partition coefficient (Wildman–Crippen LogP) is 9.39. The number of aliphatic hydroxyl groups is 1. The molecule has 35 heavy (non-hydrogen) atoms. The molecule has 208 valence electrons. The van der Waals surface area contributed by atoms with Gasteiger partial charge < -0.3 is 14.6 Å². The van der Waals surface area contributed by atoms with Gasteiger partial charge in [0.2, 0.25) is 14.0 Å². The summed E-state index contributed by atoms with van der Waals surface area (Å²) in [5.41, 5.74) is -1.59. The monoisotopic (exact) mass is 532 g/mol. The Bertz CT molecular complexity index is 489. The first kappa shape index (κ1) is 33.4. The maximum absolute atomic E-state index is 11.3. The molecule has 0 aromatic carbocycles. The molecule has 0 aromatic heterocycles. The van der Waals surface area contributed by atoms with Crippen LogP contribution in [0.3, 0.4) is 0 Å². The van der Waals surface area contributed by atoms with Crippen molar-refractivity contribution < 1.29 is 19.1 Å². The van der Waals surface area contributed by atoms with E-state index in [0.717, 1.165) is 30.6 Å². The number of hydrogen-bond acceptors (Lipinski definition) is 5. The summed E-state index contributed by atoms with van der Waals surface area (Å²) in [6.07, 6.45) is 23.0. The highest BCUT2D eigenvalue weighted by Gasteiger charge is 2.28. The molecule has 1 aliphatic rings. The van der Waals surface area contributed by atoms with Gasteiger partial charge in [0.25, 0.3) is 0 Å². The largest absolute Gasteiger partial charge is 0.375 e. The van der Waals surface area contributed by atoms with Gasteiger partial charge in [0.15, 0.2) is 0 Å². The van der Waals surface area contributed by atoms with Crippen molar-refractivity contribution in [3.63, 3.8) is 0 Å². The molecule has 1 aliphatic carbocycles. The number of hydrogen-bond donors (Lipinski definition) is 1. The third kappa shape index (κ3) is 16.7. The van der Waals surface area contributed by atoms with Crippen molar-refractivity contribution >= 4 is 20.2 Å². The van der Waals surface area contributed by atoms with Gasteiger partial charge >= 0.3 is 0 Å². The van der Waals surface area contributed by atoms with Crippen LogP contribution in [0.5, 0.6) is 0 Å². The fraction of sp³-hybridized carbons (Fsp3) is 1.00. The molecule has 0 heterocycles. The van der Waals surface area contributed by atoms with Crippen LogP contribution in [0.1, 0.15) is 136 Å². The predicted molar refractivity (Wildman–Crippen MR) is 153 cm³/mol. The third-order valence-electron chi connectivity index (χ3n) is 7.64. The highest BCUT2D eigenvalue weighted by molar-refractivity contribution is 7.99. The average Bonchev–Trinajstić information content (AvgIpc) is 2.90. The molecule has 0 amide bonds. The number of rotatable bonds is 24. The van der Waals surface area contributed by atoms with Gasteiger partial charge in [-0.05, 0) is 30.4 Å². The molecule has 1 rings (SSSR count). The van der Waals surface area contributed by atoms with E-state index in [1.807, 2.05) is 11.8 Å². The second kappa shape index (κ2) is 22.3. The molecule has 3 unspecified atom stereocenters. The Morgan fingerprint density at radius 2 is 1.57 bits per heavy atom. The molecule has 1 fully saturated rings. The van der Waals surface area contributed by atoms with Crippen LogP contribution < -0.4 is 0 Å². The minimum absolute atomic E-state index is 0.0619. The number of ether oxygens (including phenoxy) is 2. The molecule has 1 N–H and O–H groups in total. The normalized spacial score (nSPS) is 18.5. The lowest BCUT2D eigenvalue weighted by Gasteiger charge is -2.30. The standard InChI is InChI=1S/C29H57O4PS/c1-4-7-9-10-11-12-13-17-22-32-28(24-33-29(30,6-3)34-31)25-35-23-21-27(18-8-5-2)26-19-15-14-16-20-26/h26-28,30H,4-25H2,1-3H3. The zero-order valence-corrected chi connectivity index (χ0v) is 25.0. The van der Waals surface area contributed by atoms with Gasteiger partial charge in [0.05, 0.1) is 12.7 Å². The zero-order chi connectivity index (χ0) is 25.6. The third-order valence-corrected chi connectivity index (χ3v) is 9.50. The first-order valence-electron chi connectivity index (χ1n) is 15.0. The van der Waals surface area contributed by atoms with Crippen LogP contribution in [0, 0.1) is 11.8 Å². The van der Waals surface area contributed by atoms with Gasteiger partial charge in [-0.2, -0.15) is 11.8 Å². The van der Waals surface area contributed by atoms with Gasteiger partial charge in [-0.25, -0.2) is 0 Å². The molecule has 0 aromatic rings. The van der Waals surface area contributed by atoms with E-state index < -0.39 is 5.53 Å². The second-order valence-corrected chi connectivity index (χ2v) is 12.7. The summed E-state index contributed by atoms with van der Waals surface area (Å²) in [6.45, 7) is 7.39. The van der Waals surface area contributed by atoms with E-state index in [2.05, 4.69) is 13.8 Å². The Balaban J connectivity index is 2.39. The topological polar surface area (TPSA) is 55.8 Å². The lowest BCUT2D eigenvalue weighted by atomic mass is 9.77. The second-order valence-electron chi connectivity index (χ2n) is 10.6. The maximum atomic E-state index is 11.3. The highest BCUT2D eigenvalue weighted by atomic mass is 32.2. The van der Waals surface area contributed by atoms with E-state index in [-0.39, 0.29) is 14.6 Å². The van der Waals surface area contributed by atoms with Crippen molar-refractivity contribution in [3.8, 4) is 0 Å². The summed E-state index contributed by atoms with van der Waals surface area (Å²) in [6, 6.07) is 0. The summed E-state index contributed by atoms with van der Waals surface area (Å²) in [5.74, 6) is 3.85. The molecule has 0 spiro atoms. The van der Waals surface area contributed by atoms with E-state index in [0.29, 0.717) is 13.0 Å². The Morgan fingerprint density at radius 1 is 0.914 bits per heavy atom. The highest BCUT2D eigenvalue weighted by Crippen LogP contribution is 2.35. The summed E-state index contributed by atoms with van der Waals surface area (Å²) >= 11 is 1.97. The maximum Gasteiger partial charge on any atom is 0.248 e. The fourth-order valence-corrected chi connectivity index (χ4v) is 6.53. The van der Waals surface area contributed by atoms with Crippen LogP contribution >= 0.6 is 20.2 Å². The van der Waals surface area contributed by atoms with E-state index in [9.17, 15) is 9.67 Å². The van der Waals surface area contributed by atoms with Crippen molar-refractivity contribution in [2.75, 3.05) is 24.7 Å². The van der Waals surface area contributed by atoms with Gasteiger partial charge in [0.1, 0.15) is 0 Å². The SMILES string of the molecule is CCCCCCCCCCOC(COC(O)(CC)P=O)CSCCC(CCCC)C1CCCCC1. The molecular weight excluding hydrogens is 475 g/mol. The van der Waals surface area contributed by atoms with E-state index in [1.165, 1.54) is 108 Å². The minimum atomic E-state index is -1.59. The van der Waals surface area contributed by atoms with Crippen LogP contribution in [0.4, 0.5) is 0 Å². The van der Waals surface area contributed by atoms with E-state index in [4.69, 9.17) is 9.47 Å². The fourth-order valence-electron chi connectivity index (χ4n) is 5.19. The van der Waals surface area contributed by atoms with Crippen LogP contribution in [0.15, 0.2) is 0 Å². The Morgan fingerprint density at radius 3 is 2.20 bits per heavy atom. The molecular formula is C29H57O4PS. The van der Waals surface area contributed by atoms with E-state index in [1.54, 1.807) is 6.92 Å². The van der Waals surface area contributed by atoms with Gasteiger partial charge in [0, 0.05) is 18.8 Å². The van der Waals surface area contributed by atoms with Crippen molar-refractivity contribution in [2.45, 2.75) is 148 Å². The lowest BCUT2D eigenvalue weighted by molar-refractivity contribution is -0.158. The molecule has 0 saturated heterocycles. The zero-order valence-electron chi connectivity index (χ0n) is 23.3. The Kier molecular flexibility index (Phi) is 21.3. The molecule has 0 radical (unpaired) electrons. The van der Waals surface area contributed by atoms with Crippen molar-refractivity contribution in [1.29, 1.82) is 0 Å². The molecule has 3 atom stereocenters. The molecule has 6 heteroatoms. The van der Waals surface area contributed by atoms with Crippen LogP contribution in [-0.2, 0) is 14.0 Å². The molecule has 0 aliphatic heterocycles. The summed E-state index contributed by atoms with van der Waals surface area (Å²) < 4.78 is 23.2. The smallest absolute Gasteiger partial charge is 0.248 e. The van der Waals surface area contributed by atoms with Crippen molar-refractivity contribution in [2.24, 2.45) is 11.8 Å². The van der Waals surface area contributed by atoms with Gasteiger partial charge in [-0.3, -0.25) is 4.57 Å². The summed E-state index contributed by atoms with van der Waals surface area (Å²) in [7, 11) is -0.371. The Labute approximate surface area is 223 Å². The summed E-state index contributed by atoms with van der Waals surface area (Å²) in [4.78, 5) is 0. The quantitative estimate of drug-likeness (QED) is 0.0762. The molecule has 0 bridgehead atoms. The average molecular weight is 533 g/mol. The minimum Gasteiger partial charge on any atom is -0.375 e. The Hall–Kier alpha value is 0.330. The summed E-state index contributed by atoms with van der Waals surface area (Å²) in [5, 5.41) is 10.3. The lowest BCUT2D eigenvalue weighted by Crippen LogP contribution is -2.32. The molecule has 1 saturated carbocycles. The number of thioether (sulfide) groups is 1. The van der Waals surface area contributed by atoms with E-state index >= 15 is 0 Å².